The molecule has 0 radical (unpaired) electrons. The summed E-state index contributed by atoms with van der Waals surface area (Å²) in [6.07, 6.45) is 4.71. The van der Waals surface area contributed by atoms with Gasteiger partial charge in [0, 0.05) is 11.6 Å². The van der Waals surface area contributed by atoms with Crippen LogP contribution >= 0.6 is 34.7 Å². The fourth-order valence-electron chi connectivity index (χ4n) is 3.63. The van der Waals surface area contributed by atoms with E-state index in [4.69, 9.17) is 16.0 Å². The van der Waals surface area contributed by atoms with Crippen LogP contribution in [0.4, 0.5) is 0 Å². The minimum absolute atomic E-state index is 0.392. The zero-order valence-corrected chi connectivity index (χ0v) is 17.9. The van der Waals surface area contributed by atoms with Crippen molar-refractivity contribution in [2.75, 3.05) is 0 Å². The lowest BCUT2D eigenvalue weighted by atomic mass is 10.2. The Bertz CT molecular complexity index is 1100. The normalized spacial score (nSPS) is 14.7. The molecule has 0 spiro atoms. The topological polar surface area (TPSA) is 69.6 Å². The van der Waals surface area contributed by atoms with Gasteiger partial charge in [0.15, 0.2) is 11.0 Å². The molecule has 4 aromatic rings. The number of nitrogens with zero attached hydrogens (tertiary/aromatic N) is 5. The molecule has 0 aliphatic heterocycles. The molecule has 29 heavy (non-hydrogen) atoms. The Labute approximate surface area is 181 Å². The molecule has 0 amide bonds. The van der Waals surface area contributed by atoms with Crippen LogP contribution in [0.2, 0.25) is 5.02 Å². The minimum Gasteiger partial charge on any atom is -0.419 e. The van der Waals surface area contributed by atoms with Gasteiger partial charge in [0.25, 0.3) is 5.89 Å². The summed E-state index contributed by atoms with van der Waals surface area (Å²) in [7, 11) is 0. The lowest BCUT2D eigenvalue weighted by molar-refractivity contribution is 0.484. The van der Waals surface area contributed by atoms with Crippen LogP contribution in [0.15, 0.2) is 51.4 Å². The molecule has 148 valence electrons. The van der Waals surface area contributed by atoms with E-state index in [-0.39, 0.29) is 0 Å². The Kier molecular flexibility index (Phi) is 5.39. The lowest BCUT2D eigenvalue weighted by Gasteiger charge is -2.17. The lowest BCUT2D eigenvalue weighted by Crippen LogP contribution is -2.08. The summed E-state index contributed by atoms with van der Waals surface area (Å²) in [5, 5.41) is 20.9. The predicted molar refractivity (Wildman–Crippen MR) is 115 cm³/mol. The first-order valence-corrected chi connectivity index (χ1v) is 11.7. The molecule has 0 N–H and O–H groups in total. The summed E-state index contributed by atoms with van der Waals surface area (Å²) in [6.45, 7) is 0. The van der Waals surface area contributed by atoms with Crippen molar-refractivity contribution in [1.82, 2.24) is 25.0 Å². The highest BCUT2D eigenvalue weighted by molar-refractivity contribution is 7.98. The summed E-state index contributed by atoms with van der Waals surface area (Å²) >= 11 is 9.61. The maximum atomic E-state index is 6.45. The Morgan fingerprint density at radius 3 is 2.72 bits per heavy atom. The number of aromatic nitrogens is 5. The molecule has 0 atom stereocenters. The fraction of sp³-hybridized carbons (Fsp3) is 0.300. The second-order valence-electron chi connectivity index (χ2n) is 6.86. The van der Waals surface area contributed by atoms with Gasteiger partial charge in [-0.3, -0.25) is 4.57 Å². The second-order valence-corrected chi connectivity index (χ2v) is 9.16. The van der Waals surface area contributed by atoms with E-state index < -0.39 is 0 Å². The van der Waals surface area contributed by atoms with Gasteiger partial charge in [-0.05, 0) is 36.4 Å². The predicted octanol–water partition coefficient (Wildman–Crippen LogP) is 6.12. The number of thiophene rings is 1. The summed E-state index contributed by atoms with van der Waals surface area (Å²) in [5.41, 5.74) is 0.915. The van der Waals surface area contributed by atoms with E-state index in [0.29, 0.717) is 28.6 Å². The van der Waals surface area contributed by atoms with Crippen molar-refractivity contribution in [2.45, 2.75) is 42.6 Å². The van der Waals surface area contributed by atoms with E-state index in [1.165, 1.54) is 12.8 Å². The quantitative estimate of drug-likeness (QED) is 0.334. The molecule has 9 heteroatoms. The molecule has 0 saturated heterocycles. The first kappa shape index (κ1) is 18.8. The third-order valence-corrected chi connectivity index (χ3v) is 7.11. The van der Waals surface area contributed by atoms with Gasteiger partial charge in [-0.2, -0.15) is 0 Å². The molecule has 1 aliphatic rings. The van der Waals surface area contributed by atoms with Gasteiger partial charge in [-0.25, -0.2) is 0 Å². The third-order valence-electron chi connectivity index (χ3n) is 4.99. The highest BCUT2D eigenvalue weighted by atomic mass is 35.5. The van der Waals surface area contributed by atoms with Crippen LogP contribution in [0.1, 0.15) is 37.6 Å². The Morgan fingerprint density at radius 2 is 1.93 bits per heavy atom. The van der Waals surface area contributed by atoms with Crippen molar-refractivity contribution >= 4 is 34.7 Å². The highest BCUT2D eigenvalue weighted by Crippen LogP contribution is 2.38. The monoisotopic (exact) mass is 443 g/mol. The van der Waals surface area contributed by atoms with Crippen LogP contribution < -0.4 is 0 Å². The second kappa shape index (κ2) is 8.30. The molecule has 1 aromatic carbocycles. The van der Waals surface area contributed by atoms with Crippen LogP contribution in [0.5, 0.6) is 0 Å². The van der Waals surface area contributed by atoms with E-state index in [0.717, 1.165) is 34.3 Å². The molecule has 0 unspecified atom stereocenters. The van der Waals surface area contributed by atoms with Crippen LogP contribution in [0, 0.1) is 0 Å². The first-order chi connectivity index (χ1) is 14.3. The van der Waals surface area contributed by atoms with E-state index in [1.54, 1.807) is 23.1 Å². The van der Waals surface area contributed by atoms with Crippen LogP contribution in [0.3, 0.4) is 0 Å². The standard InChI is InChI=1S/C20H18ClN5OS2/c21-15-9-4-3-8-14(15)18-23-25-20(26(18)13-6-1-2-7-13)29-12-17-22-24-19(27-17)16-10-5-11-28-16/h3-5,8-11,13H,1-2,6-7,12H2. The molecule has 5 rings (SSSR count). The van der Waals surface area contributed by atoms with Crippen molar-refractivity contribution in [3.63, 3.8) is 0 Å². The summed E-state index contributed by atoms with van der Waals surface area (Å²) in [6, 6.07) is 12.1. The molecule has 6 nitrogen and oxygen atoms in total. The summed E-state index contributed by atoms with van der Waals surface area (Å²) in [5.74, 6) is 2.52. The smallest absolute Gasteiger partial charge is 0.257 e. The Balaban J connectivity index is 1.42. The molecular formula is C20H18ClN5OS2. The molecule has 0 bridgehead atoms. The van der Waals surface area contributed by atoms with E-state index in [1.807, 2.05) is 41.8 Å². The van der Waals surface area contributed by atoms with E-state index >= 15 is 0 Å². The van der Waals surface area contributed by atoms with Gasteiger partial charge in [-0.15, -0.1) is 31.7 Å². The average molecular weight is 444 g/mol. The van der Waals surface area contributed by atoms with Crippen molar-refractivity contribution in [2.24, 2.45) is 0 Å². The van der Waals surface area contributed by atoms with Gasteiger partial charge >= 0.3 is 0 Å². The van der Waals surface area contributed by atoms with Gasteiger partial charge in [0.1, 0.15) is 0 Å². The zero-order valence-electron chi connectivity index (χ0n) is 15.5. The number of thioether (sulfide) groups is 1. The number of benzene rings is 1. The van der Waals surface area contributed by atoms with Crippen molar-refractivity contribution in [3.8, 4) is 22.2 Å². The Morgan fingerprint density at radius 1 is 1.07 bits per heavy atom. The molecule has 3 aromatic heterocycles. The van der Waals surface area contributed by atoms with E-state index in [9.17, 15) is 0 Å². The SMILES string of the molecule is Clc1ccccc1-c1nnc(SCc2nnc(-c3cccs3)o2)n1C1CCCC1. The minimum atomic E-state index is 0.392. The van der Waals surface area contributed by atoms with Crippen molar-refractivity contribution < 1.29 is 4.42 Å². The van der Waals surface area contributed by atoms with Crippen LogP contribution in [0.25, 0.3) is 22.2 Å². The third kappa shape index (κ3) is 3.84. The van der Waals surface area contributed by atoms with Crippen molar-refractivity contribution in [3.05, 3.63) is 52.7 Å². The summed E-state index contributed by atoms with van der Waals surface area (Å²) in [4.78, 5) is 0.976. The van der Waals surface area contributed by atoms with Gasteiger partial charge in [0.05, 0.1) is 15.7 Å². The molecule has 1 fully saturated rings. The summed E-state index contributed by atoms with van der Waals surface area (Å²) < 4.78 is 8.06. The Hall–Kier alpha value is -2.16. The number of rotatable bonds is 6. The van der Waals surface area contributed by atoms with Crippen LogP contribution in [-0.2, 0) is 5.75 Å². The van der Waals surface area contributed by atoms with Crippen LogP contribution in [-0.4, -0.2) is 25.0 Å². The number of hydrogen-bond acceptors (Lipinski definition) is 7. The average Bonchev–Trinajstić information content (AvgIpc) is 3.54. The van der Waals surface area contributed by atoms with Crippen molar-refractivity contribution in [1.29, 1.82) is 0 Å². The maximum Gasteiger partial charge on any atom is 0.257 e. The number of halogens is 1. The highest BCUT2D eigenvalue weighted by Gasteiger charge is 2.26. The van der Waals surface area contributed by atoms with Gasteiger partial charge < -0.3 is 4.42 Å². The van der Waals surface area contributed by atoms with Gasteiger partial charge in [0.2, 0.25) is 5.89 Å². The first-order valence-electron chi connectivity index (χ1n) is 9.48. The zero-order chi connectivity index (χ0) is 19.6. The number of hydrogen-bond donors (Lipinski definition) is 0. The molecule has 3 heterocycles. The maximum absolute atomic E-state index is 6.45. The molecule has 1 aliphatic carbocycles. The fourth-order valence-corrected chi connectivity index (χ4v) is 5.34. The molecule has 1 saturated carbocycles. The van der Waals surface area contributed by atoms with Gasteiger partial charge in [-0.1, -0.05) is 54.4 Å². The molecular weight excluding hydrogens is 426 g/mol. The van der Waals surface area contributed by atoms with E-state index in [2.05, 4.69) is 25.0 Å². The largest absolute Gasteiger partial charge is 0.419 e.